The number of carbonyl (C=O) groups excluding carboxylic acids is 1. The van der Waals surface area contributed by atoms with Crippen LogP contribution in [0.1, 0.15) is 40.1 Å². The molecule has 0 aliphatic heterocycles. The van der Waals surface area contributed by atoms with E-state index in [1.807, 2.05) is 38.2 Å². The minimum atomic E-state index is -0.258. The highest BCUT2D eigenvalue weighted by molar-refractivity contribution is 5.91. The molecule has 0 unspecified atom stereocenters. The van der Waals surface area contributed by atoms with Crippen LogP contribution in [-0.2, 0) is 26.6 Å². The molecule has 3 rings (SSSR count). The second-order valence-electron chi connectivity index (χ2n) is 6.11. The Balaban J connectivity index is 1.53. The lowest BCUT2D eigenvalue weighted by molar-refractivity contribution is 0.0919. The van der Waals surface area contributed by atoms with Gasteiger partial charge in [-0.2, -0.15) is 5.10 Å². The van der Waals surface area contributed by atoms with Crippen molar-refractivity contribution in [2.45, 2.75) is 33.4 Å². The number of carbonyl (C=O) groups is 1. The van der Waals surface area contributed by atoms with E-state index in [1.54, 1.807) is 23.0 Å². The van der Waals surface area contributed by atoms with Crippen molar-refractivity contribution in [2.24, 2.45) is 7.05 Å². The van der Waals surface area contributed by atoms with E-state index < -0.39 is 0 Å². The van der Waals surface area contributed by atoms with Crippen molar-refractivity contribution in [2.75, 3.05) is 0 Å². The first kappa shape index (κ1) is 17.8. The molecular formula is C20H23N3O3. The fourth-order valence-electron chi connectivity index (χ4n) is 2.53. The van der Waals surface area contributed by atoms with Crippen LogP contribution in [0.15, 0.2) is 47.0 Å². The van der Waals surface area contributed by atoms with E-state index in [0.717, 1.165) is 23.4 Å². The second-order valence-corrected chi connectivity index (χ2v) is 6.11. The van der Waals surface area contributed by atoms with Crippen LogP contribution >= 0.6 is 0 Å². The van der Waals surface area contributed by atoms with Crippen LogP contribution in [0.5, 0.6) is 5.75 Å². The molecule has 0 aliphatic carbocycles. The molecule has 1 N–H and O–H groups in total. The maximum Gasteiger partial charge on any atom is 0.287 e. The summed E-state index contributed by atoms with van der Waals surface area (Å²) in [5, 5.41) is 7.00. The zero-order valence-corrected chi connectivity index (χ0v) is 15.3. The molecule has 26 heavy (non-hydrogen) atoms. The van der Waals surface area contributed by atoms with Crippen LogP contribution in [0.2, 0.25) is 0 Å². The number of ether oxygens (including phenoxy) is 1. The molecule has 1 aromatic carbocycles. The van der Waals surface area contributed by atoms with E-state index in [9.17, 15) is 4.79 Å². The Bertz CT molecular complexity index is 878. The molecule has 1 amide bonds. The summed E-state index contributed by atoms with van der Waals surface area (Å²) in [5.74, 6) is 1.39. The second kappa shape index (κ2) is 7.91. The van der Waals surface area contributed by atoms with Gasteiger partial charge in [-0.25, -0.2) is 0 Å². The van der Waals surface area contributed by atoms with Crippen LogP contribution in [-0.4, -0.2) is 15.7 Å². The summed E-state index contributed by atoms with van der Waals surface area (Å²) in [7, 11) is 1.87. The van der Waals surface area contributed by atoms with Gasteiger partial charge in [0.2, 0.25) is 0 Å². The highest BCUT2D eigenvalue weighted by Crippen LogP contribution is 2.16. The molecule has 0 saturated heterocycles. The molecule has 0 atom stereocenters. The number of furan rings is 1. The fraction of sp³-hybridized carbons (Fsp3) is 0.300. The van der Waals surface area contributed by atoms with Gasteiger partial charge < -0.3 is 14.5 Å². The highest BCUT2D eigenvalue weighted by Gasteiger charge is 2.12. The third-order valence-corrected chi connectivity index (χ3v) is 4.37. The van der Waals surface area contributed by atoms with E-state index in [1.165, 1.54) is 5.56 Å². The number of hydrogen-bond donors (Lipinski definition) is 1. The Morgan fingerprint density at radius 3 is 2.65 bits per heavy atom. The Morgan fingerprint density at radius 2 is 2.00 bits per heavy atom. The fourth-order valence-corrected chi connectivity index (χ4v) is 2.53. The zero-order chi connectivity index (χ0) is 18.5. The number of rotatable bonds is 7. The molecule has 0 radical (unpaired) electrons. The first-order chi connectivity index (χ1) is 12.6. The number of aromatic nitrogens is 2. The van der Waals surface area contributed by atoms with Gasteiger partial charge in [-0.3, -0.25) is 9.48 Å². The van der Waals surface area contributed by atoms with Gasteiger partial charge in [-0.15, -0.1) is 0 Å². The molecule has 0 fully saturated rings. The van der Waals surface area contributed by atoms with Crippen molar-refractivity contribution in [1.29, 1.82) is 0 Å². The summed E-state index contributed by atoms with van der Waals surface area (Å²) in [6, 6.07) is 11.4. The van der Waals surface area contributed by atoms with Gasteiger partial charge in [0.05, 0.1) is 6.20 Å². The van der Waals surface area contributed by atoms with Crippen LogP contribution in [0.25, 0.3) is 0 Å². The predicted octanol–water partition coefficient (Wildman–Crippen LogP) is 3.39. The van der Waals surface area contributed by atoms with Crippen LogP contribution in [0.4, 0.5) is 0 Å². The van der Waals surface area contributed by atoms with Gasteiger partial charge >= 0.3 is 0 Å². The topological polar surface area (TPSA) is 69.3 Å². The lowest BCUT2D eigenvalue weighted by Gasteiger charge is -2.05. The van der Waals surface area contributed by atoms with Gasteiger partial charge in [-0.1, -0.05) is 19.1 Å². The van der Waals surface area contributed by atoms with E-state index in [0.29, 0.717) is 12.3 Å². The number of aryl methyl sites for hydroxylation is 2. The standard InChI is InChI=1S/C20H23N3O3/c1-4-15-5-7-17(8-6-15)25-13-18-9-10-19(26-18)20(24)21-11-16-12-22-23(3)14(16)2/h5-10,12H,4,11,13H2,1-3H3,(H,21,24). The molecule has 0 spiro atoms. The monoisotopic (exact) mass is 353 g/mol. The summed E-state index contributed by atoms with van der Waals surface area (Å²) >= 11 is 0. The summed E-state index contributed by atoms with van der Waals surface area (Å²) in [6.45, 7) is 4.76. The normalized spacial score (nSPS) is 10.7. The van der Waals surface area contributed by atoms with E-state index in [4.69, 9.17) is 9.15 Å². The van der Waals surface area contributed by atoms with Crippen molar-refractivity contribution >= 4 is 5.91 Å². The average Bonchev–Trinajstić information content (AvgIpc) is 3.26. The molecule has 3 aromatic rings. The van der Waals surface area contributed by atoms with Gasteiger partial charge in [0.25, 0.3) is 5.91 Å². The summed E-state index contributed by atoms with van der Waals surface area (Å²) in [5.41, 5.74) is 3.26. The summed E-state index contributed by atoms with van der Waals surface area (Å²) < 4.78 is 13.0. The quantitative estimate of drug-likeness (QED) is 0.707. The largest absolute Gasteiger partial charge is 0.486 e. The Labute approximate surface area is 152 Å². The number of nitrogens with zero attached hydrogens (tertiary/aromatic N) is 2. The number of nitrogens with one attached hydrogen (secondary N) is 1. The van der Waals surface area contributed by atoms with Crippen molar-refractivity contribution in [3.05, 3.63) is 70.9 Å². The molecule has 136 valence electrons. The molecule has 0 aliphatic rings. The van der Waals surface area contributed by atoms with E-state index in [-0.39, 0.29) is 18.3 Å². The summed E-state index contributed by atoms with van der Waals surface area (Å²) in [6.07, 6.45) is 2.75. The molecular weight excluding hydrogens is 330 g/mol. The molecule has 6 heteroatoms. The van der Waals surface area contributed by atoms with Crippen molar-refractivity contribution in [3.8, 4) is 5.75 Å². The van der Waals surface area contributed by atoms with Gasteiger partial charge in [0.1, 0.15) is 18.1 Å². The Morgan fingerprint density at radius 1 is 1.23 bits per heavy atom. The molecule has 2 aromatic heterocycles. The predicted molar refractivity (Wildman–Crippen MR) is 98.0 cm³/mol. The Kier molecular flexibility index (Phi) is 5.41. The molecule has 2 heterocycles. The number of hydrogen-bond acceptors (Lipinski definition) is 4. The van der Waals surface area contributed by atoms with E-state index >= 15 is 0 Å². The van der Waals surface area contributed by atoms with Gasteiger partial charge in [-0.05, 0) is 43.2 Å². The molecule has 0 bridgehead atoms. The van der Waals surface area contributed by atoms with Crippen molar-refractivity contribution in [3.63, 3.8) is 0 Å². The molecule has 0 saturated carbocycles. The first-order valence-electron chi connectivity index (χ1n) is 8.63. The average molecular weight is 353 g/mol. The first-order valence-corrected chi connectivity index (χ1v) is 8.63. The van der Waals surface area contributed by atoms with Gasteiger partial charge in [0.15, 0.2) is 5.76 Å². The molecule has 6 nitrogen and oxygen atoms in total. The maximum atomic E-state index is 12.2. The van der Waals surface area contributed by atoms with Crippen LogP contribution in [0, 0.1) is 6.92 Å². The maximum absolute atomic E-state index is 12.2. The minimum Gasteiger partial charge on any atom is -0.486 e. The SMILES string of the molecule is CCc1ccc(OCc2ccc(C(=O)NCc3cnn(C)c3C)o2)cc1. The smallest absolute Gasteiger partial charge is 0.287 e. The zero-order valence-electron chi connectivity index (χ0n) is 15.3. The lowest BCUT2D eigenvalue weighted by atomic mass is 10.2. The third-order valence-electron chi connectivity index (χ3n) is 4.37. The van der Waals surface area contributed by atoms with E-state index in [2.05, 4.69) is 17.3 Å². The Hall–Kier alpha value is -3.02. The summed E-state index contributed by atoms with van der Waals surface area (Å²) in [4.78, 5) is 12.2. The van der Waals surface area contributed by atoms with Crippen LogP contribution in [0.3, 0.4) is 0 Å². The van der Waals surface area contributed by atoms with Crippen molar-refractivity contribution in [1.82, 2.24) is 15.1 Å². The highest BCUT2D eigenvalue weighted by atomic mass is 16.5. The number of benzene rings is 1. The van der Waals surface area contributed by atoms with Crippen LogP contribution < -0.4 is 10.1 Å². The van der Waals surface area contributed by atoms with Crippen molar-refractivity contribution < 1.29 is 13.9 Å². The lowest BCUT2D eigenvalue weighted by Crippen LogP contribution is -2.22. The van der Waals surface area contributed by atoms with Gasteiger partial charge in [0, 0.05) is 24.8 Å². The third kappa shape index (κ3) is 4.14. The minimum absolute atomic E-state index is 0.258. The number of amides is 1.